The van der Waals surface area contributed by atoms with Gasteiger partial charge in [0.05, 0.1) is 11.8 Å². The minimum Gasteiger partial charge on any atom is -0.441 e. The molecule has 0 aliphatic carbocycles. The van der Waals surface area contributed by atoms with E-state index in [4.69, 9.17) is 4.42 Å². The van der Waals surface area contributed by atoms with Crippen LogP contribution in [0.4, 0.5) is 10.1 Å². The quantitative estimate of drug-likeness (QED) is 0.631. The summed E-state index contributed by atoms with van der Waals surface area (Å²) in [7, 11) is 0. The second kappa shape index (κ2) is 9.12. The van der Waals surface area contributed by atoms with Crippen molar-refractivity contribution in [1.82, 2.24) is 9.88 Å². The van der Waals surface area contributed by atoms with E-state index in [0.29, 0.717) is 28.5 Å². The highest BCUT2D eigenvalue weighted by Gasteiger charge is 2.22. The van der Waals surface area contributed by atoms with E-state index in [9.17, 15) is 14.0 Å². The van der Waals surface area contributed by atoms with Crippen LogP contribution in [0.25, 0.3) is 11.3 Å². The number of carbonyl (C=O) groups is 2. The molecule has 0 atom stereocenters. The van der Waals surface area contributed by atoms with Gasteiger partial charge in [-0.25, -0.2) is 9.37 Å². The highest BCUT2D eigenvalue weighted by molar-refractivity contribution is 5.99. The molecule has 0 radical (unpaired) electrons. The second-order valence-electron chi connectivity index (χ2n) is 7.62. The van der Waals surface area contributed by atoms with Crippen LogP contribution in [0, 0.1) is 12.7 Å². The van der Waals surface area contributed by atoms with E-state index >= 15 is 0 Å². The number of halogens is 1. The molecule has 2 heterocycles. The number of rotatable bonds is 6. The van der Waals surface area contributed by atoms with Gasteiger partial charge in [0.25, 0.3) is 5.91 Å². The lowest BCUT2D eigenvalue weighted by Gasteiger charge is -2.18. The zero-order valence-corrected chi connectivity index (χ0v) is 17.4. The number of carbonyl (C=O) groups excluding carboxylic acids is 2. The molecule has 31 heavy (non-hydrogen) atoms. The number of nitrogens with one attached hydrogen (secondary N) is 1. The smallest absolute Gasteiger partial charge is 0.254 e. The van der Waals surface area contributed by atoms with Gasteiger partial charge >= 0.3 is 0 Å². The molecule has 6 nitrogen and oxygen atoms in total. The number of anilines is 1. The monoisotopic (exact) mass is 421 g/mol. The van der Waals surface area contributed by atoms with Gasteiger partial charge in [-0.15, -0.1) is 0 Å². The molecule has 0 unspecified atom stereocenters. The van der Waals surface area contributed by atoms with Crippen LogP contribution in [-0.4, -0.2) is 34.8 Å². The van der Waals surface area contributed by atoms with Crippen molar-refractivity contribution in [1.29, 1.82) is 0 Å². The molecule has 1 saturated heterocycles. The lowest BCUT2D eigenvalue weighted by atomic mass is 10.1. The number of aromatic nitrogens is 1. The first-order chi connectivity index (χ1) is 15.0. The SMILES string of the molecule is Cc1c(NC(=O)CCc2ncc(-c3ccccc3F)o2)cccc1C(=O)N1CCCC1. The Hall–Kier alpha value is -3.48. The first kappa shape index (κ1) is 20.8. The van der Waals surface area contributed by atoms with Crippen LogP contribution in [0.3, 0.4) is 0 Å². The third-order valence-electron chi connectivity index (χ3n) is 5.49. The van der Waals surface area contributed by atoms with Gasteiger partial charge in [0.15, 0.2) is 11.7 Å². The van der Waals surface area contributed by atoms with Gasteiger partial charge in [-0.05, 0) is 49.6 Å². The third kappa shape index (κ3) is 4.66. The average Bonchev–Trinajstić information content (AvgIpc) is 3.46. The maximum Gasteiger partial charge on any atom is 0.254 e. The van der Waals surface area contributed by atoms with Crippen LogP contribution < -0.4 is 5.32 Å². The molecule has 4 rings (SSSR count). The van der Waals surface area contributed by atoms with Crippen LogP contribution in [0.5, 0.6) is 0 Å². The van der Waals surface area contributed by atoms with Crippen molar-refractivity contribution < 1.29 is 18.4 Å². The fourth-order valence-corrected chi connectivity index (χ4v) is 3.74. The Kier molecular flexibility index (Phi) is 6.11. The van der Waals surface area contributed by atoms with Crippen molar-refractivity contribution in [3.63, 3.8) is 0 Å². The Morgan fingerprint density at radius 2 is 1.90 bits per heavy atom. The molecule has 160 valence electrons. The van der Waals surface area contributed by atoms with Crippen LogP contribution in [-0.2, 0) is 11.2 Å². The lowest BCUT2D eigenvalue weighted by Crippen LogP contribution is -2.28. The number of hydrogen-bond donors (Lipinski definition) is 1. The molecule has 1 aromatic heterocycles. The largest absolute Gasteiger partial charge is 0.441 e. The van der Waals surface area contributed by atoms with E-state index in [2.05, 4.69) is 10.3 Å². The standard InChI is InChI=1S/C24H24FN3O3/c1-16-17(24(30)28-13-4-5-14-28)8-6-10-20(16)27-22(29)11-12-23-26-15-21(31-23)18-7-2-3-9-19(18)25/h2-3,6-10,15H,4-5,11-14H2,1H3,(H,27,29). The van der Waals surface area contributed by atoms with E-state index in [1.165, 1.54) is 12.3 Å². The molecule has 2 aromatic carbocycles. The molecule has 1 N–H and O–H groups in total. The molecule has 7 heteroatoms. The lowest BCUT2D eigenvalue weighted by molar-refractivity contribution is -0.116. The summed E-state index contributed by atoms with van der Waals surface area (Å²) in [6.45, 7) is 3.40. The Morgan fingerprint density at radius 1 is 1.13 bits per heavy atom. The summed E-state index contributed by atoms with van der Waals surface area (Å²) in [6, 6.07) is 11.7. The first-order valence-electron chi connectivity index (χ1n) is 10.4. The maximum atomic E-state index is 13.9. The van der Waals surface area contributed by atoms with Gasteiger partial charge in [0, 0.05) is 37.2 Å². The summed E-state index contributed by atoms with van der Waals surface area (Å²) < 4.78 is 19.5. The predicted octanol–water partition coefficient (Wildman–Crippen LogP) is 4.60. The maximum absolute atomic E-state index is 13.9. The van der Waals surface area contributed by atoms with Gasteiger partial charge in [-0.2, -0.15) is 0 Å². The zero-order valence-electron chi connectivity index (χ0n) is 17.4. The second-order valence-corrected chi connectivity index (χ2v) is 7.62. The van der Waals surface area contributed by atoms with Crippen molar-refractivity contribution in [3.8, 4) is 11.3 Å². The van der Waals surface area contributed by atoms with Crippen molar-refractivity contribution in [3.05, 3.63) is 71.5 Å². The molecular formula is C24H24FN3O3. The number of aryl methyl sites for hydroxylation is 1. The van der Waals surface area contributed by atoms with E-state index < -0.39 is 0 Å². The molecule has 1 fully saturated rings. The average molecular weight is 421 g/mol. The van der Waals surface area contributed by atoms with Crippen molar-refractivity contribution in [2.24, 2.45) is 0 Å². The Bertz CT molecular complexity index is 1100. The van der Waals surface area contributed by atoms with E-state index in [-0.39, 0.29) is 30.5 Å². The zero-order chi connectivity index (χ0) is 21.8. The molecule has 1 aliphatic heterocycles. The number of amides is 2. The minimum absolute atomic E-state index is 0.00607. The van der Waals surface area contributed by atoms with E-state index in [0.717, 1.165) is 31.5 Å². The first-order valence-corrected chi connectivity index (χ1v) is 10.4. The fourth-order valence-electron chi connectivity index (χ4n) is 3.74. The van der Waals surface area contributed by atoms with Crippen LogP contribution in [0.15, 0.2) is 53.1 Å². The van der Waals surface area contributed by atoms with Crippen LogP contribution >= 0.6 is 0 Å². The summed E-state index contributed by atoms with van der Waals surface area (Å²) in [6.07, 6.45) is 3.96. The minimum atomic E-state index is -0.387. The molecule has 0 saturated carbocycles. The van der Waals surface area contributed by atoms with Gasteiger partial charge in [-0.1, -0.05) is 18.2 Å². The molecule has 1 aliphatic rings. The number of oxazole rings is 1. The number of benzene rings is 2. The molecule has 3 aromatic rings. The number of hydrogen-bond acceptors (Lipinski definition) is 4. The normalized spacial score (nSPS) is 13.4. The summed E-state index contributed by atoms with van der Waals surface area (Å²) in [5.41, 5.74) is 2.32. The topological polar surface area (TPSA) is 75.4 Å². The van der Waals surface area contributed by atoms with Gasteiger partial charge < -0.3 is 14.6 Å². The van der Waals surface area contributed by atoms with Crippen molar-refractivity contribution in [2.45, 2.75) is 32.6 Å². The number of nitrogens with zero attached hydrogens (tertiary/aromatic N) is 2. The van der Waals surface area contributed by atoms with Gasteiger partial charge in [0.1, 0.15) is 5.82 Å². The summed E-state index contributed by atoms with van der Waals surface area (Å²) in [4.78, 5) is 31.2. The number of likely N-dealkylation sites (tertiary alicyclic amines) is 1. The predicted molar refractivity (Wildman–Crippen MR) is 115 cm³/mol. The van der Waals surface area contributed by atoms with Gasteiger partial charge in [0.2, 0.25) is 5.91 Å². The van der Waals surface area contributed by atoms with Gasteiger partial charge in [-0.3, -0.25) is 9.59 Å². The van der Waals surface area contributed by atoms with E-state index in [1.807, 2.05) is 11.8 Å². The van der Waals surface area contributed by atoms with Crippen LogP contribution in [0.1, 0.15) is 41.1 Å². The Labute approximate surface area is 180 Å². The van der Waals surface area contributed by atoms with E-state index in [1.54, 1.807) is 36.4 Å². The van der Waals surface area contributed by atoms with Crippen LogP contribution in [0.2, 0.25) is 0 Å². The highest BCUT2D eigenvalue weighted by Crippen LogP contribution is 2.25. The Balaban J connectivity index is 1.38. The van der Waals surface area contributed by atoms with Crippen molar-refractivity contribution in [2.75, 3.05) is 18.4 Å². The molecule has 0 spiro atoms. The molecular weight excluding hydrogens is 397 g/mol. The molecule has 0 bridgehead atoms. The summed E-state index contributed by atoms with van der Waals surface area (Å²) in [5.74, 6) is 0.105. The van der Waals surface area contributed by atoms with Crippen molar-refractivity contribution >= 4 is 17.5 Å². The fraction of sp³-hybridized carbons (Fsp3) is 0.292. The third-order valence-corrected chi connectivity index (χ3v) is 5.49. The Morgan fingerprint density at radius 3 is 2.68 bits per heavy atom. The highest BCUT2D eigenvalue weighted by atomic mass is 19.1. The summed E-state index contributed by atoms with van der Waals surface area (Å²) in [5, 5.41) is 2.87. The molecule has 2 amide bonds. The summed E-state index contributed by atoms with van der Waals surface area (Å²) >= 11 is 0.